The van der Waals surface area contributed by atoms with Crippen molar-refractivity contribution in [2.24, 2.45) is 7.05 Å². The molecule has 0 aliphatic heterocycles. The smallest absolute Gasteiger partial charge is 0.123 e. The third-order valence-electron chi connectivity index (χ3n) is 2.63. The van der Waals surface area contributed by atoms with Crippen LogP contribution < -0.4 is 5.32 Å². The van der Waals surface area contributed by atoms with Gasteiger partial charge in [0.05, 0.1) is 11.7 Å². The van der Waals surface area contributed by atoms with Gasteiger partial charge in [0.15, 0.2) is 0 Å². The van der Waals surface area contributed by atoms with E-state index in [9.17, 15) is 4.39 Å². The van der Waals surface area contributed by atoms with E-state index < -0.39 is 0 Å². The van der Waals surface area contributed by atoms with Crippen molar-refractivity contribution in [2.75, 3.05) is 7.05 Å². The molecule has 0 fully saturated rings. The van der Waals surface area contributed by atoms with Crippen LogP contribution in [0.5, 0.6) is 0 Å². The standard InChI is InChI=1S/C12H14FN3/c1-14-12(11-6-7-15-16(11)2)9-4-3-5-10(13)8-9/h3-8,12,14H,1-2H3. The van der Waals surface area contributed by atoms with Crippen LogP contribution in [0.2, 0.25) is 0 Å². The third kappa shape index (κ3) is 1.97. The number of halogens is 1. The lowest BCUT2D eigenvalue weighted by molar-refractivity contribution is 0.591. The van der Waals surface area contributed by atoms with Crippen molar-refractivity contribution in [3.8, 4) is 0 Å². The summed E-state index contributed by atoms with van der Waals surface area (Å²) >= 11 is 0. The fraction of sp³-hybridized carbons (Fsp3) is 0.250. The minimum absolute atomic E-state index is 0.0387. The van der Waals surface area contributed by atoms with Gasteiger partial charge >= 0.3 is 0 Å². The number of nitrogens with one attached hydrogen (secondary N) is 1. The number of aromatic nitrogens is 2. The Labute approximate surface area is 93.9 Å². The van der Waals surface area contributed by atoms with Crippen molar-refractivity contribution in [1.29, 1.82) is 0 Å². The molecule has 0 amide bonds. The van der Waals surface area contributed by atoms with E-state index in [2.05, 4.69) is 10.4 Å². The van der Waals surface area contributed by atoms with Gasteiger partial charge in [-0.3, -0.25) is 4.68 Å². The van der Waals surface area contributed by atoms with E-state index in [1.165, 1.54) is 12.1 Å². The predicted molar refractivity (Wildman–Crippen MR) is 60.5 cm³/mol. The van der Waals surface area contributed by atoms with Crippen molar-refractivity contribution in [3.63, 3.8) is 0 Å². The van der Waals surface area contributed by atoms with Gasteiger partial charge < -0.3 is 5.32 Å². The molecule has 2 rings (SSSR count). The zero-order chi connectivity index (χ0) is 11.5. The normalized spacial score (nSPS) is 12.7. The number of rotatable bonds is 3. The van der Waals surface area contributed by atoms with Gasteiger partial charge in [0.2, 0.25) is 0 Å². The molecule has 1 atom stereocenters. The monoisotopic (exact) mass is 219 g/mol. The molecule has 0 aliphatic rings. The van der Waals surface area contributed by atoms with E-state index in [1.54, 1.807) is 16.9 Å². The first-order chi connectivity index (χ1) is 7.72. The lowest BCUT2D eigenvalue weighted by atomic mass is 10.0. The molecular weight excluding hydrogens is 205 g/mol. The van der Waals surface area contributed by atoms with E-state index >= 15 is 0 Å². The highest BCUT2D eigenvalue weighted by Crippen LogP contribution is 2.21. The second-order valence-corrected chi connectivity index (χ2v) is 3.66. The van der Waals surface area contributed by atoms with Crippen LogP contribution in [0.25, 0.3) is 0 Å². The molecule has 1 aromatic carbocycles. The highest BCUT2D eigenvalue weighted by Gasteiger charge is 2.15. The molecule has 84 valence electrons. The Morgan fingerprint density at radius 1 is 1.38 bits per heavy atom. The lowest BCUT2D eigenvalue weighted by Crippen LogP contribution is -2.20. The first-order valence-electron chi connectivity index (χ1n) is 5.13. The number of benzene rings is 1. The number of nitrogens with zero attached hydrogens (tertiary/aromatic N) is 2. The Morgan fingerprint density at radius 2 is 2.19 bits per heavy atom. The molecule has 0 aliphatic carbocycles. The molecule has 0 saturated carbocycles. The largest absolute Gasteiger partial charge is 0.308 e. The Hall–Kier alpha value is -1.68. The van der Waals surface area contributed by atoms with Gasteiger partial charge in [0, 0.05) is 13.2 Å². The maximum Gasteiger partial charge on any atom is 0.123 e. The van der Waals surface area contributed by atoms with Gasteiger partial charge in [0.25, 0.3) is 0 Å². The fourth-order valence-corrected chi connectivity index (χ4v) is 1.84. The Bertz CT molecular complexity index is 479. The molecule has 2 aromatic rings. The topological polar surface area (TPSA) is 29.9 Å². The summed E-state index contributed by atoms with van der Waals surface area (Å²) in [6, 6.07) is 8.48. The lowest BCUT2D eigenvalue weighted by Gasteiger charge is -2.16. The van der Waals surface area contributed by atoms with Crippen molar-refractivity contribution in [1.82, 2.24) is 15.1 Å². The Kier molecular flexibility index (Phi) is 3.01. The molecule has 0 saturated heterocycles. The molecule has 16 heavy (non-hydrogen) atoms. The summed E-state index contributed by atoms with van der Waals surface area (Å²) in [6.07, 6.45) is 1.74. The second-order valence-electron chi connectivity index (χ2n) is 3.66. The second kappa shape index (κ2) is 4.45. The third-order valence-corrected chi connectivity index (χ3v) is 2.63. The minimum atomic E-state index is -0.222. The van der Waals surface area contributed by atoms with Gasteiger partial charge in [-0.25, -0.2) is 4.39 Å². The summed E-state index contributed by atoms with van der Waals surface area (Å²) in [6.45, 7) is 0. The van der Waals surface area contributed by atoms with Gasteiger partial charge in [-0.05, 0) is 30.8 Å². The fourth-order valence-electron chi connectivity index (χ4n) is 1.84. The minimum Gasteiger partial charge on any atom is -0.308 e. The average molecular weight is 219 g/mol. The van der Waals surface area contributed by atoms with Crippen LogP contribution in [-0.4, -0.2) is 16.8 Å². The number of hydrogen-bond acceptors (Lipinski definition) is 2. The molecule has 3 nitrogen and oxygen atoms in total. The van der Waals surface area contributed by atoms with Gasteiger partial charge in [-0.2, -0.15) is 5.10 Å². The molecule has 0 bridgehead atoms. The number of aryl methyl sites for hydroxylation is 1. The van der Waals surface area contributed by atoms with Gasteiger partial charge in [0.1, 0.15) is 5.82 Å². The van der Waals surface area contributed by atoms with Crippen LogP contribution in [-0.2, 0) is 7.05 Å². The Morgan fingerprint density at radius 3 is 2.75 bits per heavy atom. The van der Waals surface area contributed by atoms with E-state index in [4.69, 9.17) is 0 Å². The predicted octanol–water partition coefficient (Wildman–Crippen LogP) is 1.87. The highest BCUT2D eigenvalue weighted by molar-refractivity contribution is 5.27. The maximum absolute atomic E-state index is 13.2. The van der Waals surface area contributed by atoms with E-state index in [1.807, 2.05) is 26.2 Å². The summed E-state index contributed by atoms with van der Waals surface area (Å²) in [5.74, 6) is -0.222. The molecule has 4 heteroatoms. The molecular formula is C12H14FN3. The average Bonchev–Trinajstić information content (AvgIpc) is 2.67. The Balaban J connectivity index is 2.40. The highest BCUT2D eigenvalue weighted by atomic mass is 19.1. The van der Waals surface area contributed by atoms with E-state index in [-0.39, 0.29) is 11.9 Å². The zero-order valence-electron chi connectivity index (χ0n) is 9.31. The molecule has 1 aromatic heterocycles. The van der Waals surface area contributed by atoms with Gasteiger partial charge in [-0.15, -0.1) is 0 Å². The first-order valence-corrected chi connectivity index (χ1v) is 5.13. The van der Waals surface area contributed by atoms with Crippen LogP contribution in [0.1, 0.15) is 17.3 Å². The summed E-state index contributed by atoms with van der Waals surface area (Å²) in [5.41, 5.74) is 1.90. The quantitative estimate of drug-likeness (QED) is 0.854. The van der Waals surface area contributed by atoms with Crippen molar-refractivity contribution in [2.45, 2.75) is 6.04 Å². The number of hydrogen-bond donors (Lipinski definition) is 1. The molecule has 1 unspecified atom stereocenters. The van der Waals surface area contributed by atoms with Crippen LogP contribution in [0.4, 0.5) is 4.39 Å². The summed E-state index contributed by atoms with van der Waals surface area (Å²) < 4.78 is 14.9. The van der Waals surface area contributed by atoms with Gasteiger partial charge in [-0.1, -0.05) is 12.1 Å². The van der Waals surface area contributed by atoms with Crippen LogP contribution >= 0.6 is 0 Å². The summed E-state index contributed by atoms with van der Waals surface area (Å²) in [5, 5.41) is 7.28. The SMILES string of the molecule is CNC(c1cccc(F)c1)c1ccnn1C. The van der Waals surface area contributed by atoms with E-state index in [0.29, 0.717) is 0 Å². The van der Waals surface area contributed by atoms with Crippen LogP contribution in [0.15, 0.2) is 36.5 Å². The molecule has 0 radical (unpaired) electrons. The van der Waals surface area contributed by atoms with Crippen molar-refractivity contribution >= 4 is 0 Å². The zero-order valence-corrected chi connectivity index (χ0v) is 9.31. The van der Waals surface area contributed by atoms with Crippen molar-refractivity contribution in [3.05, 3.63) is 53.6 Å². The maximum atomic E-state index is 13.2. The van der Waals surface area contributed by atoms with Crippen LogP contribution in [0.3, 0.4) is 0 Å². The van der Waals surface area contributed by atoms with Crippen molar-refractivity contribution < 1.29 is 4.39 Å². The molecule has 0 spiro atoms. The molecule has 1 N–H and O–H groups in total. The molecule has 1 heterocycles. The first kappa shape index (κ1) is 10.8. The summed E-state index contributed by atoms with van der Waals surface area (Å²) in [4.78, 5) is 0. The van der Waals surface area contributed by atoms with Crippen LogP contribution in [0, 0.1) is 5.82 Å². The van der Waals surface area contributed by atoms with E-state index in [0.717, 1.165) is 11.3 Å². The summed E-state index contributed by atoms with van der Waals surface area (Å²) in [7, 11) is 3.72.